The van der Waals surface area contributed by atoms with E-state index in [1.54, 1.807) is 0 Å². The van der Waals surface area contributed by atoms with E-state index in [0.29, 0.717) is 0 Å². The van der Waals surface area contributed by atoms with Crippen molar-refractivity contribution in [2.45, 2.75) is 40.2 Å². The largest absolute Gasteiger partial charge is 0.481 e. The summed E-state index contributed by atoms with van der Waals surface area (Å²) in [5.74, 6) is -1.14. The van der Waals surface area contributed by atoms with Crippen LogP contribution in [0.2, 0.25) is 0 Å². The summed E-state index contributed by atoms with van der Waals surface area (Å²) in [5, 5.41) is 11.7. The van der Waals surface area contributed by atoms with E-state index >= 15 is 0 Å². The second-order valence-electron chi connectivity index (χ2n) is 4.66. The number of carbonyl (C=O) groups is 2. The van der Waals surface area contributed by atoms with Crippen molar-refractivity contribution < 1.29 is 14.7 Å². The number of hydrogen-bond acceptors (Lipinski definition) is 2. The summed E-state index contributed by atoms with van der Waals surface area (Å²) in [6, 6.07) is 3.53. The first-order valence-electron chi connectivity index (χ1n) is 5.88. The molecule has 98 valence electrons. The third-order valence-corrected chi connectivity index (χ3v) is 2.84. The highest BCUT2D eigenvalue weighted by atomic mass is 16.4. The van der Waals surface area contributed by atoms with E-state index in [1.807, 2.05) is 32.9 Å². The van der Waals surface area contributed by atoms with Gasteiger partial charge in [-0.1, -0.05) is 17.7 Å². The normalized spacial score (nSPS) is 12.0. The summed E-state index contributed by atoms with van der Waals surface area (Å²) in [6.45, 7) is 7.26. The Balaban J connectivity index is 3.19. The van der Waals surface area contributed by atoms with Crippen LogP contribution in [0.3, 0.4) is 0 Å². The van der Waals surface area contributed by atoms with Gasteiger partial charge in [0.1, 0.15) is 0 Å². The lowest BCUT2D eigenvalue weighted by Gasteiger charge is -2.21. The second-order valence-corrected chi connectivity index (χ2v) is 4.66. The maximum Gasteiger partial charge on any atom is 0.305 e. The van der Waals surface area contributed by atoms with Crippen molar-refractivity contribution in [3.63, 3.8) is 0 Å². The van der Waals surface area contributed by atoms with Gasteiger partial charge in [0.2, 0.25) is 5.91 Å². The first kappa shape index (κ1) is 14.2. The van der Waals surface area contributed by atoms with Gasteiger partial charge in [-0.05, 0) is 37.5 Å². The van der Waals surface area contributed by atoms with Crippen molar-refractivity contribution in [2.75, 3.05) is 0 Å². The number of carboxylic acid groups (broad SMARTS) is 1. The van der Waals surface area contributed by atoms with Gasteiger partial charge >= 0.3 is 5.97 Å². The zero-order valence-electron chi connectivity index (χ0n) is 11.2. The lowest BCUT2D eigenvalue weighted by Crippen LogP contribution is -2.29. The Hall–Kier alpha value is -1.84. The molecule has 0 saturated carbocycles. The Morgan fingerprint density at radius 1 is 1.22 bits per heavy atom. The van der Waals surface area contributed by atoms with E-state index in [9.17, 15) is 9.59 Å². The molecule has 0 aliphatic rings. The maximum atomic E-state index is 11.2. The minimum Gasteiger partial charge on any atom is -0.481 e. The number of rotatable bonds is 4. The number of hydrogen-bond donors (Lipinski definition) is 2. The molecule has 1 amide bonds. The quantitative estimate of drug-likeness (QED) is 0.860. The van der Waals surface area contributed by atoms with Crippen LogP contribution in [0.4, 0.5) is 0 Å². The highest BCUT2D eigenvalue weighted by Gasteiger charge is 2.20. The van der Waals surface area contributed by atoms with Gasteiger partial charge < -0.3 is 10.4 Å². The number of nitrogens with one attached hydrogen (secondary N) is 1. The summed E-state index contributed by atoms with van der Waals surface area (Å²) in [7, 11) is 0. The van der Waals surface area contributed by atoms with Crippen molar-refractivity contribution in [1.82, 2.24) is 5.32 Å². The molecule has 0 fully saturated rings. The van der Waals surface area contributed by atoms with Crippen LogP contribution < -0.4 is 5.32 Å². The number of benzene rings is 1. The van der Waals surface area contributed by atoms with Crippen LogP contribution in [0.15, 0.2) is 12.1 Å². The highest BCUT2D eigenvalue weighted by molar-refractivity contribution is 5.75. The van der Waals surface area contributed by atoms with Crippen LogP contribution >= 0.6 is 0 Å². The third-order valence-electron chi connectivity index (χ3n) is 2.84. The topological polar surface area (TPSA) is 66.4 Å². The van der Waals surface area contributed by atoms with Crippen LogP contribution in [-0.4, -0.2) is 17.0 Å². The van der Waals surface area contributed by atoms with Crippen molar-refractivity contribution >= 4 is 11.9 Å². The fourth-order valence-electron chi connectivity index (χ4n) is 2.39. The fourth-order valence-corrected chi connectivity index (χ4v) is 2.39. The minimum absolute atomic E-state index is 0.107. The van der Waals surface area contributed by atoms with Gasteiger partial charge in [-0.15, -0.1) is 0 Å². The molecule has 18 heavy (non-hydrogen) atoms. The Kier molecular flexibility index (Phi) is 4.48. The molecule has 0 aromatic heterocycles. The molecular weight excluding hydrogens is 230 g/mol. The van der Waals surface area contributed by atoms with Gasteiger partial charge in [0.15, 0.2) is 0 Å². The van der Waals surface area contributed by atoms with E-state index in [0.717, 1.165) is 22.3 Å². The Bertz CT molecular complexity index is 441. The molecule has 1 aromatic carbocycles. The van der Waals surface area contributed by atoms with Crippen molar-refractivity contribution in [3.05, 3.63) is 34.4 Å². The number of carbonyl (C=O) groups excluding carboxylic acids is 1. The molecule has 0 bridgehead atoms. The molecular formula is C14H19NO3. The smallest absolute Gasteiger partial charge is 0.305 e. The molecule has 0 aliphatic heterocycles. The molecule has 4 nitrogen and oxygen atoms in total. The van der Waals surface area contributed by atoms with Crippen LogP contribution in [0.5, 0.6) is 0 Å². The third kappa shape index (κ3) is 3.58. The molecule has 0 saturated heterocycles. The van der Waals surface area contributed by atoms with Gasteiger partial charge in [0.05, 0.1) is 12.5 Å². The van der Waals surface area contributed by atoms with E-state index in [-0.39, 0.29) is 12.3 Å². The molecule has 1 atom stereocenters. The van der Waals surface area contributed by atoms with Gasteiger partial charge in [0.25, 0.3) is 0 Å². The fraction of sp³-hybridized carbons (Fsp3) is 0.429. The van der Waals surface area contributed by atoms with Crippen molar-refractivity contribution in [2.24, 2.45) is 0 Å². The Morgan fingerprint density at radius 3 is 2.11 bits per heavy atom. The first-order valence-corrected chi connectivity index (χ1v) is 5.88. The van der Waals surface area contributed by atoms with Crippen LogP contribution in [0, 0.1) is 20.8 Å². The van der Waals surface area contributed by atoms with Gasteiger partial charge in [-0.3, -0.25) is 9.59 Å². The number of carboxylic acids is 1. The summed E-state index contributed by atoms with van der Waals surface area (Å²) < 4.78 is 0. The van der Waals surface area contributed by atoms with E-state index in [1.165, 1.54) is 6.92 Å². The second kappa shape index (κ2) is 5.67. The average Bonchev–Trinajstić information content (AvgIpc) is 2.12. The predicted octanol–water partition coefficient (Wildman–Crippen LogP) is 2.26. The lowest BCUT2D eigenvalue weighted by molar-refractivity contribution is -0.137. The van der Waals surface area contributed by atoms with Crippen LogP contribution in [-0.2, 0) is 9.59 Å². The predicted molar refractivity (Wildman–Crippen MR) is 69.5 cm³/mol. The van der Waals surface area contributed by atoms with Gasteiger partial charge in [0, 0.05) is 6.92 Å². The summed E-state index contributed by atoms with van der Waals surface area (Å²) in [5.41, 5.74) is 4.05. The first-order chi connectivity index (χ1) is 8.31. The van der Waals surface area contributed by atoms with Crippen molar-refractivity contribution in [3.8, 4) is 0 Å². The summed E-state index contributed by atoms with van der Waals surface area (Å²) in [4.78, 5) is 22.1. The Morgan fingerprint density at radius 2 is 1.72 bits per heavy atom. The maximum absolute atomic E-state index is 11.2. The zero-order valence-corrected chi connectivity index (χ0v) is 11.2. The van der Waals surface area contributed by atoms with Crippen LogP contribution in [0.25, 0.3) is 0 Å². The molecule has 0 unspecified atom stereocenters. The van der Waals surface area contributed by atoms with Gasteiger partial charge in [-0.2, -0.15) is 0 Å². The zero-order chi connectivity index (χ0) is 13.9. The molecule has 0 radical (unpaired) electrons. The van der Waals surface area contributed by atoms with E-state index in [2.05, 4.69) is 5.32 Å². The number of aryl methyl sites for hydroxylation is 3. The lowest BCUT2D eigenvalue weighted by atomic mass is 9.92. The average molecular weight is 249 g/mol. The standard InChI is InChI=1S/C14H19NO3/c1-8-5-9(2)14(10(3)6-8)12(7-13(17)18)15-11(4)16/h5-6,12H,7H2,1-4H3,(H,15,16)(H,17,18)/t12-/m0/s1. The monoisotopic (exact) mass is 249 g/mol. The number of aliphatic carboxylic acids is 1. The molecule has 0 heterocycles. The minimum atomic E-state index is -0.923. The summed E-state index contributed by atoms with van der Waals surface area (Å²) in [6.07, 6.45) is -0.107. The molecule has 2 N–H and O–H groups in total. The highest BCUT2D eigenvalue weighted by Crippen LogP contribution is 2.26. The molecule has 0 spiro atoms. The molecule has 1 rings (SSSR count). The Labute approximate surface area is 107 Å². The van der Waals surface area contributed by atoms with Crippen LogP contribution in [0.1, 0.15) is 41.6 Å². The van der Waals surface area contributed by atoms with Gasteiger partial charge in [-0.25, -0.2) is 0 Å². The summed E-state index contributed by atoms with van der Waals surface area (Å²) >= 11 is 0. The SMILES string of the molecule is CC(=O)N[C@@H](CC(=O)O)c1c(C)cc(C)cc1C. The number of amides is 1. The molecule has 1 aromatic rings. The van der Waals surface area contributed by atoms with Crippen molar-refractivity contribution in [1.29, 1.82) is 0 Å². The molecule has 4 heteroatoms. The van der Waals surface area contributed by atoms with E-state index < -0.39 is 12.0 Å². The van der Waals surface area contributed by atoms with E-state index in [4.69, 9.17) is 5.11 Å². The molecule has 0 aliphatic carbocycles.